The maximum atomic E-state index is 4.30. The van der Waals surface area contributed by atoms with E-state index in [0.717, 1.165) is 18.1 Å². The molecule has 1 fully saturated rings. The van der Waals surface area contributed by atoms with Crippen molar-refractivity contribution in [3.05, 3.63) is 18.1 Å². The van der Waals surface area contributed by atoms with Gasteiger partial charge in [-0.3, -0.25) is 4.98 Å². The number of nitrogens with one attached hydrogen (secondary N) is 1. The van der Waals surface area contributed by atoms with E-state index in [0.29, 0.717) is 5.41 Å². The molecule has 1 N–H and O–H groups in total. The third kappa shape index (κ3) is 2.11. The van der Waals surface area contributed by atoms with Gasteiger partial charge in [0.2, 0.25) is 0 Å². The maximum absolute atomic E-state index is 4.30. The molecule has 1 aromatic heterocycles. The minimum Gasteiger partial charge on any atom is -0.368 e. The predicted octanol–water partition coefficient (Wildman–Crippen LogP) is 2.78. The van der Waals surface area contributed by atoms with Gasteiger partial charge in [0.25, 0.3) is 0 Å². The van der Waals surface area contributed by atoms with Gasteiger partial charge in [-0.25, -0.2) is 4.98 Å². The van der Waals surface area contributed by atoms with E-state index in [-0.39, 0.29) is 0 Å². The first-order valence-electron chi connectivity index (χ1n) is 5.77. The van der Waals surface area contributed by atoms with Crippen molar-refractivity contribution in [1.29, 1.82) is 0 Å². The molecule has 0 radical (unpaired) electrons. The first kappa shape index (κ1) is 10.4. The third-order valence-electron chi connectivity index (χ3n) is 3.68. The van der Waals surface area contributed by atoms with Gasteiger partial charge in [-0.05, 0) is 31.6 Å². The zero-order valence-corrected chi connectivity index (χ0v) is 9.58. The Bertz CT molecular complexity index is 326. The zero-order valence-electron chi connectivity index (χ0n) is 9.58. The molecule has 1 aliphatic rings. The molecule has 3 heteroatoms. The van der Waals surface area contributed by atoms with Crippen LogP contribution in [0.3, 0.4) is 0 Å². The molecule has 1 heterocycles. The Balaban J connectivity index is 1.95. The van der Waals surface area contributed by atoms with Crippen LogP contribution in [-0.2, 0) is 0 Å². The van der Waals surface area contributed by atoms with Crippen LogP contribution in [0, 0.1) is 12.3 Å². The summed E-state index contributed by atoms with van der Waals surface area (Å²) >= 11 is 0. The number of hydrogen-bond acceptors (Lipinski definition) is 3. The van der Waals surface area contributed by atoms with Crippen LogP contribution in [0.5, 0.6) is 0 Å². The number of aromatic nitrogens is 2. The Kier molecular flexibility index (Phi) is 2.89. The number of hydrogen-bond donors (Lipinski definition) is 1. The van der Waals surface area contributed by atoms with E-state index in [9.17, 15) is 0 Å². The molecular formula is C12H19N3. The average Bonchev–Trinajstić information content (AvgIpc) is 2.19. The summed E-state index contributed by atoms with van der Waals surface area (Å²) in [4.78, 5) is 8.52. The molecule has 0 aromatic carbocycles. The molecule has 1 aromatic rings. The lowest BCUT2D eigenvalue weighted by molar-refractivity contribution is 0.145. The molecule has 0 bridgehead atoms. The summed E-state index contributed by atoms with van der Waals surface area (Å²) in [7, 11) is 0. The highest BCUT2D eigenvalue weighted by Crippen LogP contribution is 2.43. The molecule has 0 aliphatic heterocycles. The Morgan fingerprint density at radius 2 is 2.07 bits per heavy atom. The van der Waals surface area contributed by atoms with Crippen molar-refractivity contribution < 1.29 is 0 Å². The standard InChI is InChI=1S/C12H19N3/c1-3-12(5-4-6-12)9-15-11-10(2)13-7-8-14-11/h7-8H,3-6,9H2,1-2H3,(H,14,15). The van der Waals surface area contributed by atoms with Crippen LogP contribution < -0.4 is 5.32 Å². The van der Waals surface area contributed by atoms with Crippen LogP contribution in [0.4, 0.5) is 5.82 Å². The predicted molar refractivity (Wildman–Crippen MR) is 61.8 cm³/mol. The Morgan fingerprint density at radius 1 is 1.33 bits per heavy atom. The minimum absolute atomic E-state index is 0.532. The lowest BCUT2D eigenvalue weighted by atomic mass is 9.67. The summed E-state index contributed by atoms with van der Waals surface area (Å²) in [5.74, 6) is 0.942. The average molecular weight is 205 g/mol. The molecule has 0 amide bonds. The van der Waals surface area contributed by atoms with Gasteiger partial charge in [0.15, 0.2) is 0 Å². The molecule has 0 saturated heterocycles. The van der Waals surface area contributed by atoms with Gasteiger partial charge in [-0.2, -0.15) is 0 Å². The lowest BCUT2D eigenvalue weighted by Gasteiger charge is -2.41. The van der Waals surface area contributed by atoms with Crippen molar-refractivity contribution in [2.75, 3.05) is 11.9 Å². The van der Waals surface area contributed by atoms with Gasteiger partial charge in [0.1, 0.15) is 5.82 Å². The third-order valence-corrected chi connectivity index (χ3v) is 3.68. The van der Waals surface area contributed by atoms with Crippen molar-refractivity contribution in [1.82, 2.24) is 9.97 Å². The highest BCUT2D eigenvalue weighted by molar-refractivity contribution is 5.38. The largest absolute Gasteiger partial charge is 0.368 e. The van der Waals surface area contributed by atoms with Crippen LogP contribution in [0.1, 0.15) is 38.3 Å². The van der Waals surface area contributed by atoms with Crippen molar-refractivity contribution in [3.8, 4) is 0 Å². The molecular weight excluding hydrogens is 186 g/mol. The molecule has 0 unspecified atom stereocenters. The monoisotopic (exact) mass is 205 g/mol. The summed E-state index contributed by atoms with van der Waals surface area (Å²) in [5.41, 5.74) is 1.52. The van der Waals surface area contributed by atoms with Gasteiger partial charge in [0, 0.05) is 18.9 Å². The lowest BCUT2D eigenvalue weighted by Crippen LogP contribution is -2.36. The minimum atomic E-state index is 0.532. The van der Waals surface area contributed by atoms with Crippen LogP contribution in [0.2, 0.25) is 0 Å². The zero-order chi connectivity index (χ0) is 10.7. The second-order valence-corrected chi connectivity index (χ2v) is 4.55. The second-order valence-electron chi connectivity index (χ2n) is 4.55. The Morgan fingerprint density at radius 3 is 2.60 bits per heavy atom. The fourth-order valence-corrected chi connectivity index (χ4v) is 2.18. The van der Waals surface area contributed by atoms with E-state index in [1.165, 1.54) is 25.7 Å². The van der Waals surface area contributed by atoms with Crippen LogP contribution in [0.25, 0.3) is 0 Å². The molecule has 1 saturated carbocycles. The SMILES string of the molecule is CCC1(CNc2nccnc2C)CCC1. The number of anilines is 1. The molecule has 82 valence electrons. The summed E-state index contributed by atoms with van der Waals surface area (Å²) in [5, 5.41) is 3.43. The van der Waals surface area contributed by atoms with Gasteiger partial charge in [-0.1, -0.05) is 13.3 Å². The summed E-state index contributed by atoms with van der Waals surface area (Å²) in [6, 6.07) is 0. The summed E-state index contributed by atoms with van der Waals surface area (Å²) < 4.78 is 0. The van der Waals surface area contributed by atoms with Crippen molar-refractivity contribution >= 4 is 5.82 Å². The molecule has 0 atom stereocenters. The highest BCUT2D eigenvalue weighted by atomic mass is 15.0. The summed E-state index contributed by atoms with van der Waals surface area (Å²) in [6.45, 7) is 5.32. The van der Waals surface area contributed by atoms with Gasteiger partial charge >= 0.3 is 0 Å². The summed E-state index contributed by atoms with van der Waals surface area (Å²) in [6.07, 6.45) is 8.84. The van der Waals surface area contributed by atoms with Gasteiger partial charge in [0.05, 0.1) is 5.69 Å². The van der Waals surface area contributed by atoms with Crippen molar-refractivity contribution in [2.45, 2.75) is 39.5 Å². The normalized spacial score (nSPS) is 18.3. The molecule has 3 nitrogen and oxygen atoms in total. The first-order valence-corrected chi connectivity index (χ1v) is 5.77. The molecule has 2 rings (SSSR count). The molecule has 0 spiro atoms. The fourth-order valence-electron chi connectivity index (χ4n) is 2.18. The number of rotatable bonds is 4. The Hall–Kier alpha value is -1.12. The van der Waals surface area contributed by atoms with Crippen molar-refractivity contribution in [3.63, 3.8) is 0 Å². The first-order chi connectivity index (χ1) is 7.26. The van der Waals surface area contributed by atoms with E-state index in [4.69, 9.17) is 0 Å². The van der Waals surface area contributed by atoms with Crippen LogP contribution >= 0.6 is 0 Å². The van der Waals surface area contributed by atoms with Crippen molar-refractivity contribution in [2.24, 2.45) is 5.41 Å². The Labute approximate surface area is 91.3 Å². The molecule has 15 heavy (non-hydrogen) atoms. The quantitative estimate of drug-likeness (QED) is 0.821. The number of nitrogens with zero attached hydrogens (tertiary/aromatic N) is 2. The molecule has 1 aliphatic carbocycles. The van der Waals surface area contributed by atoms with E-state index >= 15 is 0 Å². The van der Waals surface area contributed by atoms with E-state index in [2.05, 4.69) is 22.2 Å². The number of aryl methyl sites for hydroxylation is 1. The highest BCUT2D eigenvalue weighted by Gasteiger charge is 2.34. The second kappa shape index (κ2) is 4.17. The smallest absolute Gasteiger partial charge is 0.147 e. The van der Waals surface area contributed by atoms with E-state index < -0.39 is 0 Å². The van der Waals surface area contributed by atoms with Gasteiger partial charge < -0.3 is 5.32 Å². The van der Waals surface area contributed by atoms with E-state index in [1.807, 2.05) is 6.92 Å². The topological polar surface area (TPSA) is 37.8 Å². The van der Waals surface area contributed by atoms with Gasteiger partial charge in [-0.15, -0.1) is 0 Å². The maximum Gasteiger partial charge on any atom is 0.147 e. The fraction of sp³-hybridized carbons (Fsp3) is 0.667. The van der Waals surface area contributed by atoms with Crippen LogP contribution in [-0.4, -0.2) is 16.5 Å². The van der Waals surface area contributed by atoms with Crippen LogP contribution in [0.15, 0.2) is 12.4 Å². The van der Waals surface area contributed by atoms with E-state index in [1.54, 1.807) is 12.4 Å².